The highest BCUT2D eigenvalue weighted by Gasteiger charge is 2.25. The van der Waals surface area contributed by atoms with Crippen LogP contribution in [0, 0.1) is 20.8 Å². The average molecular weight is 375 g/mol. The largest absolute Gasteiger partial charge is 0.324 e. The minimum absolute atomic E-state index is 0.128. The van der Waals surface area contributed by atoms with Gasteiger partial charge in [0.05, 0.1) is 16.4 Å². The van der Waals surface area contributed by atoms with E-state index in [-0.39, 0.29) is 17.5 Å². The molecule has 2 N–H and O–H groups in total. The van der Waals surface area contributed by atoms with Gasteiger partial charge in [-0.05, 0) is 50.8 Å². The van der Waals surface area contributed by atoms with Crippen LogP contribution in [0.4, 0.5) is 10.5 Å². The van der Waals surface area contributed by atoms with Gasteiger partial charge < -0.3 is 15.2 Å². The Morgan fingerprint density at radius 1 is 1.23 bits per heavy atom. The number of hydrogen-bond donors (Lipinski definition) is 2. The standard InChI is InChI=1S/C19H23ClN4O2/c1-11-8-12(2)18(15(20)9-11)23-19(26)24-6-4-14(5-7-24)16-10-17(25)22-13(3)21-16/h8-10,14H,4-7H2,1-3H3,(H,23,26)(H,21,22,25). The molecule has 0 radical (unpaired) electrons. The third kappa shape index (κ3) is 4.07. The van der Waals surface area contributed by atoms with Crippen molar-refractivity contribution >= 4 is 23.3 Å². The number of nitrogens with zero attached hydrogens (tertiary/aromatic N) is 2. The molecule has 1 aliphatic heterocycles. The Balaban J connectivity index is 1.65. The number of carbonyl (C=O) groups is 1. The smallest absolute Gasteiger partial charge is 0.321 e. The van der Waals surface area contributed by atoms with Crippen LogP contribution >= 0.6 is 11.6 Å². The van der Waals surface area contributed by atoms with Gasteiger partial charge in [0.2, 0.25) is 0 Å². The highest BCUT2D eigenvalue weighted by molar-refractivity contribution is 6.34. The number of amides is 2. The molecule has 1 aliphatic rings. The van der Waals surface area contributed by atoms with Crippen molar-refractivity contribution in [2.75, 3.05) is 18.4 Å². The first-order valence-corrected chi connectivity index (χ1v) is 9.12. The van der Waals surface area contributed by atoms with Crippen LogP contribution in [0.1, 0.15) is 41.4 Å². The lowest BCUT2D eigenvalue weighted by Gasteiger charge is -2.32. The number of benzene rings is 1. The van der Waals surface area contributed by atoms with Gasteiger partial charge in [0.15, 0.2) is 0 Å². The zero-order valence-corrected chi connectivity index (χ0v) is 16.0. The molecule has 3 rings (SSSR count). The van der Waals surface area contributed by atoms with Crippen LogP contribution < -0.4 is 10.9 Å². The highest BCUT2D eigenvalue weighted by Crippen LogP contribution is 2.29. The van der Waals surface area contributed by atoms with E-state index in [0.29, 0.717) is 29.6 Å². The van der Waals surface area contributed by atoms with Crippen molar-refractivity contribution in [2.45, 2.75) is 39.5 Å². The molecule has 0 saturated carbocycles. The van der Waals surface area contributed by atoms with Crippen molar-refractivity contribution in [3.8, 4) is 0 Å². The Morgan fingerprint density at radius 3 is 2.54 bits per heavy atom. The zero-order chi connectivity index (χ0) is 18.8. The lowest BCUT2D eigenvalue weighted by molar-refractivity contribution is 0.194. The highest BCUT2D eigenvalue weighted by atomic mass is 35.5. The molecular formula is C19H23ClN4O2. The van der Waals surface area contributed by atoms with Crippen molar-refractivity contribution in [1.82, 2.24) is 14.9 Å². The van der Waals surface area contributed by atoms with Gasteiger partial charge in [-0.3, -0.25) is 4.79 Å². The van der Waals surface area contributed by atoms with Crippen LogP contribution in [-0.2, 0) is 0 Å². The van der Waals surface area contributed by atoms with Crippen LogP contribution in [0.3, 0.4) is 0 Å². The van der Waals surface area contributed by atoms with E-state index in [0.717, 1.165) is 29.7 Å². The topological polar surface area (TPSA) is 78.1 Å². The maximum Gasteiger partial charge on any atom is 0.321 e. The molecule has 0 unspecified atom stereocenters. The number of likely N-dealkylation sites (tertiary alicyclic amines) is 1. The molecule has 2 amide bonds. The summed E-state index contributed by atoms with van der Waals surface area (Å²) >= 11 is 6.28. The number of piperidine rings is 1. The molecule has 1 aromatic carbocycles. The van der Waals surface area contributed by atoms with Crippen LogP contribution in [0.15, 0.2) is 23.0 Å². The number of aromatic nitrogens is 2. The van der Waals surface area contributed by atoms with Crippen molar-refractivity contribution in [2.24, 2.45) is 0 Å². The summed E-state index contributed by atoms with van der Waals surface area (Å²) < 4.78 is 0. The van der Waals surface area contributed by atoms with Crippen molar-refractivity contribution in [3.63, 3.8) is 0 Å². The second kappa shape index (κ2) is 7.50. The van der Waals surface area contributed by atoms with Crippen LogP contribution in [0.2, 0.25) is 5.02 Å². The van der Waals surface area contributed by atoms with Gasteiger partial charge in [-0.25, -0.2) is 9.78 Å². The zero-order valence-electron chi connectivity index (χ0n) is 15.2. The Morgan fingerprint density at radius 2 is 1.92 bits per heavy atom. The van der Waals surface area contributed by atoms with E-state index < -0.39 is 0 Å². The summed E-state index contributed by atoms with van der Waals surface area (Å²) in [4.78, 5) is 33.1. The summed E-state index contributed by atoms with van der Waals surface area (Å²) in [5.41, 5.74) is 3.35. The molecule has 0 aliphatic carbocycles. The first-order valence-electron chi connectivity index (χ1n) is 8.74. The summed E-state index contributed by atoms with van der Waals surface area (Å²) in [6, 6.07) is 5.25. The number of halogens is 1. The van der Waals surface area contributed by atoms with E-state index in [1.54, 1.807) is 17.9 Å². The quantitative estimate of drug-likeness (QED) is 0.840. The molecule has 1 saturated heterocycles. The maximum absolute atomic E-state index is 12.6. The molecular weight excluding hydrogens is 352 g/mol. The fraction of sp³-hybridized carbons (Fsp3) is 0.421. The molecule has 6 nitrogen and oxygen atoms in total. The van der Waals surface area contributed by atoms with Crippen molar-refractivity contribution in [1.29, 1.82) is 0 Å². The van der Waals surface area contributed by atoms with E-state index in [1.807, 2.05) is 26.0 Å². The van der Waals surface area contributed by atoms with Gasteiger partial charge in [-0.2, -0.15) is 0 Å². The fourth-order valence-electron chi connectivity index (χ4n) is 3.45. The maximum atomic E-state index is 12.6. The number of anilines is 1. The molecule has 0 bridgehead atoms. The summed E-state index contributed by atoms with van der Waals surface area (Å²) in [7, 11) is 0. The van der Waals surface area contributed by atoms with Gasteiger partial charge in [-0.15, -0.1) is 0 Å². The lowest BCUT2D eigenvalue weighted by atomic mass is 9.93. The Bertz CT molecular complexity index is 862. The molecule has 1 fully saturated rings. The normalized spacial score (nSPS) is 15.2. The molecule has 0 atom stereocenters. The molecule has 26 heavy (non-hydrogen) atoms. The predicted octanol–water partition coefficient (Wildman–Crippen LogP) is 3.76. The van der Waals surface area contributed by atoms with E-state index in [1.165, 1.54) is 0 Å². The number of aryl methyl sites for hydroxylation is 3. The molecule has 7 heteroatoms. The van der Waals surface area contributed by atoms with Crippen molar-refractivity contribution < 1.29 is 4.79 Å². The number of rotatable bonds is 2. The van der Waals surface area contributed by atoms with E-state index in [2.05, 4.69) is 15.3 Å². The average Bonchev–Trinajstić information content (AvgIpc) is 2.57. The molecule has 1 aromatic heterocycles. The van der Waals surface area contributed by atoms with Gasteiger partial charge >= 0.3 is 6.03 Å². The number of nitrogens with one attached hydrogen (secondary N) is 2. The fourth-order valence-corrected chi connectivity index (χ4v) is 3.82. The minimum Gasteiger partial charge on any atom is -0.324 e. The molecule has 2 aromatic rings. The number of urea groups is 1. The first-order chi connectivity index (χ1) is 12.3. The predicted molar refractivity (Wildman–Crippen MR) is 103 cm³/mol. The third-order valence-electron chi connectivity index (χ3n) is 4.74. The monoisotopic (exact) mass is 374 g/mol. The van der Waals surface area contributed by atoms with Crippen LogP contribution in [-0.4, -0.2) is 34.0 Å². The Labute approximate surface area is 157 Å². The Hall–Kier alpha value is -2.34. The lowest BCUT2D eigenvalue weighted by Crippen LogP contribution is -2.41. The van der Waals surface area contributed by atoms with Crippen LogP contribution in [0.5, 0.6) is 0 Å². The Kier molecular flexibility index (Phi) is 5.32. The first kappa shape index (κ1) is 18.5. The van der Waals surface area contributed by atoms with Crippen molar-refractivity contribution in [3.05, 3.63) is 56.2 Å². The second-order valence-corrected chi connectivity index (χ2v) is 7.29. The van der Waals surface area contributed by atoms with E-state index in [9.17, 15) is 9.59 Å². The number of carbonyl (C=O) groups excluding carboxylic acids is 1. The number of aromatic amines is 1. The van der Waals surface area contributed by atoms with Crippen LogP contribution in [0.25, 0.3) is 0 Å². The molecule has 2 heterocycles. The van der Waals surface area contributed by atoms with Gasteiger partial charge in [-0.1, -0.05) is 17.7 Å². The molecule has 0 spiro atoms. The number of hydrogen-bond acceptors (Lipinski definition) is 3. The van der Waals surface area contributed by atoms with Gasteiger partial charge in [0.25, 0.3) is 5.56 Å². The second-order valence-electron chi connectivity index (χ2n) is 6.89. The summed E-state index contributed by atoms with van der Waals surface area (Å²) in [6.45, 7) is 6.92. The summed E-state index contributed by atoms with van der Waals surface area (Å²) in [5, 5.41) is 3.48. The van der Waals surface area contributed by atoms with Gasteiger partial charge in [0, 0.05) is 25.1 Å². The molecule has 138 valence electrons. The summed E-state index contributed by atoms with van der Waals surface area (Å²) in [6.07, 6.45) is 1.56. The summed E-state index contributed by atoms with van der Waals surface area (Å²) in [5.74, 6) is 0.821. The third-order valence-corrected chi connectivity index (χ3v) is 5.04. The van der Waals surface area contributed by atoms with Gasteiger partial charge in [0.1, 0.15) is 5.82 Å². The van der Waals surface area contributed by atoms with E-state index >= 15 is 0 Å². The SMILES string of the molecule is Cc1cc(C)c(NC(=O)N2CCC(c3cc(=O)[nH]c(C)n3)CC2)c(Cl)c1. The van der Waals surface area contributed by atoms with E-state index in [4.69, 9.17) is 11.6 Å². The number of H-pyrrole nitrogens is 1. The minimum atomic E-state index is -0.146.